The van der Waals surface area contributed by atoms with Gasteiger partial charge in [-0.3, -0.25) is 4.90 Å². The fraction of sp³-hybridized carbons (Fsp3) is 0.333. The highest BCUT2D eigenvalue weighted by molar-refractivity contribution is 6.35. The fourth-order valence-electron chi connectivity index (χ4n) is 5.27. The molecule has 4 aromatic rings. The monoisotopic (exact) mass is 598 g/mol. The average molecular weight is 599 g/mol. The molecule has 2 saturated heterocycles. The number of aromatic carboxylic acids is 1. The van der Waals surface area contributed by atoms with Gasteiger partial charge in [-0.15, -0.1) is 0 Å². The molecule has 0 radical (unpaired) electrons. The van der Waals surface area contributed by atoms with Crippen LogP contribution in [0.5, 0.6) is 11.5 Å². The number of hydrogen-bond acceptors (Lipinski definition) is 6. The van der Waals surface area contributed by atoms with Gasteiger partial charge in [0, 0.05) is 31.2 Å². The number of imidazole rings is 1. The van der Waals surface area contributed by atoms with Crippen LogP contribution in [0.3, 0.4) is 0 Å². The highest BCUT2D eigenvalue weighted by Crippen LogP contribution is 2.30. The molecule has 0 spiro atoms. The van der Waals surface area contributed by atoms with E-state index >= 15 is 4.39 Å². The van der Waals surface area contributed by atoms with Crippen LogP contribution in [0, 0.1) is 5.82 Å². The molecular weight excluding hydrogens is 570 g/mol. The van der Waals surface area contributed by atoms with Gasteiger partial charge in [0.2, 0.25) is 0 Å². The van der Waals surface area contributed by atoms with E-state index in [1.54, 1.807) is 28.9 Å². The largest absolute Gasteiger partial charge is 0.490 e. The summed E-state index contributed by atoms with van der Waals surface area (Å²) in [6.45, 7) is 4.05. The lowest BCUT2D eigenvalue weighted by atomic mass is 10.1. The minimum atomic E-state index is -1.28. The van der Waals surface area contributed by atoms with Crippen LogP contribution in [-0.2, 0) is 13.2 Å². The second-order valence-corrected chi connectivity index (χ2v) is 11.2. The SMILES string of the molecule is O=C(O)c1ccc2nc(CN3CCC(Oc4cccc(COc5ccc(Cl)cc5Cl)c4)CC3)n(N3CCC3)c2c1F. The Kier molecular flexibility index (Phi) is 7.92. The summed E-state index contributed by atoms with van der Waals surface area (Å²) in [6.07, 6.45) is 2.74. The van der Waals surface area contributed by atoms with Crippen LogP contribution in [0.1, 0.15) is 41.0 Å². The number of carbonyl (C=O) groups is 1. The first-order valence-electron chi connectivity index (χ1n) is 13.6. The van der Waals surface area contributed by atoms with Crippen molar-refractivity contribution in [3.8, 4) is 11.5 Å². The summed E-state index contributed by atoms with van der Waals surface area (Å²) < 4.78 is 29.2. The number of likely N-dealkylation sites (tertiary alicyclic amines) is 1. The second-order valence-electron chi connectivity index (χ2n) is 10.4. The van der Waals surface area contributed by atoms with E-state index in [9.17, 15) is 9.90 Å². The van der Waals surface area contributed by atoms with Crippen molar-refractivity contribution in [1.82, 2.24) is 14.6 Å². The Morgan fingerprint density at radius 1 is 1.05 bits per heavy atom. The van der Waals surface area contributed by atoms with E-state index in [4.69, 9.17) is 37.7 Å². The van der Waals surface area contributed by atoms with Gasteiger partial charge in [-0.05, 0) is 67.3 Å². The van der Waals surface area contributed by atoms with Gasteiger partial charge in [0.15, 0.2) is 5.82 Å². The van der Waals surface area contributed by atoms with E-state index in [1.807, 2.05) is 29.3 Å². The predicted molar refractivity (Wildman–Crippen MR) is 155 cm³/mol. The molecule has 0 unspecified atom stereocenters. The van der Waals surface area contributed by atoms with Gasteiger partial charge in [-0.25, -0.2) is 18.8 Å². The molecule has 41 heavy (non-hydrogen) atoms. The number of benzene rings is 3. The molecule has 0 saturated carbocycles. The molecule has 6 rings (SSSR count). The van der Waals surface area contributed by atoms with E-state index in [1.165, 1.54) is 6.07 Å². The van der Waals surface area contributed by atoms with Crippen LogP contribution in [0.25, 0.3) is 11.0 Å². The lowest BCUT2D eigenvalue weighted by Crippen LogP contribution is -2.47. The number of halogens is 3. The van der Waals surface area contributed by atoms with Crippen molar-refractivity contribution in [2.45, 2.75) is 38.5 Å². The van der Waals surface area contributed by atoms with Crippen LogP contribution < -0.4 is 14.5 Å². The quantitative estimate of drug-likeness (QED) is 0.248. The smallest absolute Gasteiger partial charge is 0.338 e. The van der Waals surface area contributed by atoms with Crippen molar-refractivity contribution in [3.63, 3.8) is 0 Å². The molecule has 11 heteroatoms. The number of nitrogens with zero attached hydrogens (tertiary/aromatic N) is 4. The summed E-state index contributed by atoms with van der Waals surface area (Å²) in [5.41, 5.74) is 1.33. The van der Waals surface area contributed by atoms with Gasteiger partial charge < -0.3 is 19.6 Å². The summed E-state index contributed by atoms with van der Waals surface area (Å²) in [5, 5.41) is 12.5. The van der Waals surface area contributed by atoms with Gasteiger partial charge in [0.1, 0.15) is 35.6 Å². The number of carboxylic acid groups (broad SMARTS) is 1. The molecule has 2 fully saturated rings. The molecule has 3 heterocycles. The first-order valence-corrected chi connectivity index (χ1v) is 14.4. The normalized spacial score (nSPS) is 16.1. The Morgan fingerprint density at radius 2 is 1.85 bits per heavy atom. The molecule has 0 aliphatic carbocycles. The summed E-state index contributed by atoms with van der Waals surface area (Å²) in [5.74, 6) is 0.0533. The molecule has 2 aliphatic heterocycles. The zero-order valence-electron chi connectivity index (χ0n) is 22.2. The van der Waals surface area contributed by atoms with E-state index < -0.39 is 11.8 Å². The number of hydrogen-bond donors (Lipinski definition) is 1. The molecule has 1 N–H and O–H groups in total. The third-order valence-corrected chi connectivity index (χ3v) is 8.07. The van der Waals surface area contributed by atoms with E-state index in [2.05, 4.69) is 4.90 Å². The molecular formula is C30H29Cl2FN4O4. The summed E-state index contributed by atoms with van der Waals surface area (Å²) in [6, 6.07) is 15.9. The average Bonchev–Trinajstić information content (AvgIpc) is 3.27. The summed E-state index contributed by atoms with van der Waals surface area (Å²) in [4.78, 5) is 18.5. The van der Waals surface area contributed by atoms with Crippen molar-refractivity contribution in [1.29, 1.82) is 0 Å². The van der Waals surface area contributed by atoms with Crippen molar-refractivity contribution in [3.05, 3.63) is 87.4 Å². The Bertz CT molecular complexity index is 1580. The molecule has 0 amide bonds. The highest BCUT2D eigenvalue weighted by atomic mass is 35.5. The van der Waals surface area contributed by atoms with Gasteiger partial charge in [0.25, 0.3) is 0 Å². The molecule has 0 bridgehead atoms. The van der Waals surface area contributed by atoms with E-state index in [0.29, 0.717) is 40.3 Å². The third kappa shape index (κ3) is 5.93. The Labute approximate surface area is 246 Å². The van der Waals surface area contributed by atoms with Gasteiger partial charge >= 0.3 is 5.97 Å². The molecule has 0 atom stereocenters. The first kappa shape index (κ1) is 27.6. The standard InChI is InChI=1S/C30H29Cl2FN4O4/c31-20-5-8-26(24(32)16-20)40-18-19-3-1-4-22(15-19)41-21-9-13-35(14-10-21)17-27-34-25-7-6-23(30(38)39)28(33)29(25)37(27)36-11-2-12-36/h1,3-8,15-16,21H,2,9-14,17-18H2,(H,38,39). The van der Waals surface area contributed by atoms with Crippen LogP contribution >= 0.6 is 23.2 Å². The van der Waals surface area contributed by atoms with Crippen molar-refractivity contribution in [2.75, 3.05) is 31.2 Å². The minimum Gasteiger partial charge on any atom is -0.490 e. The molecule has 8 nitrogen and oxygen atoms in total. The maximum Gasteiger partial charge on any atom is 0.338 e. The number of carboxylic acids is 1. The van der Waals surface area contributed by atoms with Gasteiger partial charge in [-0.1, -0.05) is 35.3 Å². The Morgan fingerprint density at radius 3 is 2.56 bits per heavy atom. The molecule has 214 valence electrons. The lowest BCUT2D eigenvalue weighted by molar-refractivity contribution is 0.0692. The van der Waals surface area contributed by atoms with Crippen LogP contribution in [0.2, 0.25) is 10.0 Å². The molecule has 1 aromatic heterocycles. The molecule has 3 aromatic carbocycles. The Hall–Kier alpha value is -3.53. The topological polar surface area (TPSA) is 80.1 Å². The lowest BCUT2D eigenvalue weighted by Gasteiger charge is -2.37. The van der Waals surface area contributed by atoms with Crippen molar-refractivity contribution in [2.24, 2.45) is 0 Å². The van der Waals surface area contributed by atoms with Crippen molar-refractivity contribution >= 4 is 40.2 Å². The van der Waals surface area contributed by atoms with Crippen LogP contribution in [0.15, 0.2) is 54.6 Å². The zero-order chi connectivity index (χ0) is 28.5. The number of aromatic nitrogens is 2. The fourth-order valence-corrected chi connectivity index (χ4v) is 5.74. The number of fused-ring (bicyclic) bond motifs is 1. The maximum atomic E-state index is 15.2. The minimum absolute atomic E-state index is 0.0675. The second kappa shape index (κ2) is 11.8. The van der Waals surface area contributed by atoms with Crippen molar-refractivity contribution < 1.29 is 23.8 Å². The first-order chi connectivity index (χ1) is 19.9. The number of ether oxygens (including phenoxy) is 2. The maximum absolute atomic E-state index is 15.2. The van der Waals surface area contributed by atoms with Crippen LogP contribution in [0.4, 0.5) is 4.39 Å². The van der Waals surface area contributed by atoms with Crippen LogP contribution in [-0.4, -0.2) is 57.9 Å². The van der Waals surface area contributed by atoms with Gasteiger partial charge in [-0.2, -0.15) is 0 Å². The predicted octanol–water partition coefficient (Wildman–Crippen LogP) is 6.14. The Balaban J connectivity index is 1.08. The number of rotatable bonds is 9. The van der Waals surface area contributed by atoms with Gasteiger partial charge in [0.05, 0.1) is 22.6 Å². The third-order valence-electron chi connectivity index (χ3n) is 7.54. The van der Waals surface area contributed by atoms with E-state index in [-0.39, 0.29) is 17.2 Å². The summed E-state index contributed by atoms with van der Waals surface area (Å²) >= 11 is 12.2. The summed E-state index contributed by atoms with van der Waals surface area (Å²) in [7, 11) is 0. The highest BCUT2D eigenvalue weighted by Gasteiger charge is 2.28. The number of piperidine rings is 1. The van der Waals surface area contributed by atoms with E-state index in [0.717, 1.165) is 56.8 Å². The molecule has 2 aliphatic rings. The zero-order valence-corrected chi connectivity index (χ0v) is 23.7.